The smallest absolute Gasteiger partial charge is 0.408 e. The van der Waals surface area contributed by atoms with Crippen LogP contribution in [0.1, 0.15) is 123 Å². The van der Waals surface area contributed by atoms with Gasteiger partial charge in [0.2, 0.25) is 11.8 Å². The molecule has 7 heteroatoms. The van der Waals surface area contributed by atoms with Gasteiger partial charge in [-0.05, 0) is 96.8 Å². The molecule has 1 fully saturated rings. The first-order valence-electron chi connectivity index (χ1n) is 14.8. The molecule has 1 saturated carbocycles. The summed E-state index contributed by atoms with van der Waals surface area (Å²) in [5, 5.41) is 6.13. The fourth-order valence-corrected chi connectivity index (χ4v) is 5.14. The maximum absolute atomic E-state index is 14.5. The summed E-state index contributed by atoms with van der Waals surface area (Å²) in [5.74, 6) is -0.305. The van der Waals surface area contributed by atoms with Crippen molar-refractivity contribution in [3.8, 4) is 0 Å². The average Bonchev–Trinajstić information content (AvgIpc) is 2.82. The van der Waals surface area contributed by atoms with Crippen molar-refractivity contribution in [1.82, 2.24) is 15.5 Å². The molecule has 0 spiro atoms. The van der Waals surface area contributed by atoms with E-state index in [0.717, 1.165) is 42.4 Å². The second-order valence-corrected chi connectivity index (χ2v) is 13.3. The molecule has 2 unspecified atom stereocenters. The van der Waals surface area contributed by atoms with E-state index in [2.05, 4.69) is 10.6 Å². The standard InChI is InChI=1S/C32H53N3O4/c1-11-32(9,10)35(29(37)26(19-21(2)3)34-30(38)39-31(6,7)8)27(24-18-17-22(4)23(5)20-24)28(36)33-25-15-13-12-14-16-25/h17-18,20-21,25-27H,11-16,19H2,1-10H3,(H,33,36)(H,34,38). The van der Waals surface area contributed by atoms with Crippen LogP contribution in [0.15, 0.2) is 18.2 Å². The van der Waals surface area contributed by atoms with Crippen molar-refractivity contribution in [1.29, 1.82) is 0 Å². The summed E-state index contributed by atoms with van der Waals surface area (Å²) in [6, 6.07) is 4.43. The van der Waals surface area contributed by atoms with Crippen LogP contribution in [0.5, 0.6) is 0 Å². The SMILES string of the molecule is CCC(C)(C)N(C(=O)C(CC(C)C)NC(=O)OC(C)(C)C)C(C(=O)NC1CCCCC1)c1ccc(C)c(C)c1. The second-order valence-electron chi connectivity index (χ2n) is 13.3. The summed E-state index contributed by atoms with van der Waals surface area (Å²) >= 11 is 0. The molecule has 1 aromatic rings. The third-order valence-corrected chi connectivity index (χ3v) is 7.76. The number of carbonyl (C=O) groups is 3. The van der Waals surface area contributed by atoms with Crippen LogP contribution < -0.4 is 10.6 Å². The van der Waals surface area contributed by atoms with E-state index in [4.69, 9.17) is 4.74 Å². The Bertz CT molecular complexity index is 990. The molecule has 0 aliphatic heterocycles. The molecular formula is C32H53N3O4. The summed E-state index contributed by atoms with van der Waals surface area (Å²) in [6.07, 6.45) is 5.71. The number of rotatable bonds is 10. The minimum atomic E-state index is -0.831. The molecule has 0 bridgehead atoms. The first-order chi connectivity index (χ1) is 18.1. The molecule has 0 heterocycles. The average molecular weight is 544 g/mol. The third-order valence-electron chi connectivity index (χ3n) is 7.76. The van der Waals surface area contributed by atoms with Crippen LogP contribution in [-0.2, 0) is 14.3 Å². The van der Waals surface area contributed by atoms with Crippen LogP contribution in [0.3, 0.4) is 0 Å². The van der Waals surface area contributed by atoms with Crippen molar-refractivity contribution in [3.05, 3.63) is 34.9 Å². The molecule has 2 N–H and O–H groups in total. The fraction of sp³-hybridized carbons (Fsp3) is 0.719. The summed E-state index contributed by atoms with van der Waals surface area (Å²) < 4.78 is 5.51. The minimum absolute atomic E-state index is 0.105. The molecule has 3 amide bonds. The molecule has 2 rings (SSSR count). The van der Waals surface area contributed by atoms with Crippen LogP contribution in [0, 0.1) is 19.8 Å². The van der Waals surface area contributed by atoms with Crippen LogP contribution in [0.4, 0.5) is 4.79 Å². The Kier molecular flexibility index (Phi) is 11.4. The van der Waals surface area contributed by atoms with Gasteiger partial charge >= 0.3 is 6.09 Å². The van der Waals surface area contributed by atoms with Crippen LogP contribution >= 0.6 is 0 Å². The fourth-order valence-electron chi connectivity index (χ4n) is 5.14. The third kappa shape index (κ3) is 9.54. The van der Waals surface area contributed by atoms with Gasteiger partial charge in [0.05, 0.1) is 0 Å². The zero-order valence-electron chi connectivity index (χ0n) is 26.1. The summed E-state index contributed by atoms with van der Waals surface area (Å²) in [4.78, 5) is 43.2. The summed E-state index contributed by atoms with van der Waals surface area (Å²) in [6.45, 7) is 19.5. The van der Waals surface area contributed by atoms with Crippen LogP contribution in [0.25, 0.3) is 0 Å². The van der Waals surface area contributed by atoms with E-state index in [1.165, 1.54) is 6.42 Å². The number of hydrogen-bond donors (Lipinski definition) is 2. The highest BCUT2D eigenvalue weighted by Crippen LogP contribution is 2.34. The molecule has 0 radical (unpaired) electrons. The minimum Gasteiger partial charge on any atom is -0.444 e. The molecular weight excluding hydrogens is 490 g/mol. The lowest BCUT2D eigenvalue weighted by molar-refractivity contribution is -0.150. The Hall–Kier alpha value is -2.57. The van der Waals surface area contributed by atoms with Gasteiger partial charge in [-0.2, -0.15) is 0 Å². The number of nitrogens with one attached hydrogen (secondary N) is 2. The van der Waals surface area contributed by atoms with Gasteiger partial charge in [-0.1, -0.05) is 58.2 Å². The predicted octanol–water partition coefficient (Wildman–Crippen LogP) is 6.75. The highest BCUT2D eigenvalue weighted by Gasteiger charge is 2.43. The Labute approximate surface area is 236 Å². The Morgan fingerprint density at radius 3 is 2.13 bits per heavy atom. The lowest BCUT2D eigenvalue weighted by Gasteiger charge is -2.45. The molecule has 2 atom stereocenters. The maximum atomic E-state index is 14.5. The molecule has 39 heavy (non-hydrogen) atoms. The van der Waals surface area contributed by atoms with E-state index < -0.39 is 29.3 Å². The van der Waals surface area contributed by atoms with E-state index in [1.54, 1.807) is 25.7 Å². The van der Waals surface area contributed by atoms with E-state index in [1.807, 2.05) is 66.7 Å². The van der Waals surface area contributed by atoms with Crippen LogP contribution in [0.2, 0.25) is 0 Å². The number of ether oxygens (including phenoxy) is 1. The molecule has 0 saturated heterocycles. The van der Waals surface area contributed by atoms with Gasteiger partial charge in [0.25, 0.3) is 0 Å². The molecule has 220 valence electrons. The zero-order valence-corrected chi connectivity index (χ0v) is 26.1. The Balaban J connectivity index is 2.60. The maximum Gasteiger partial charge on any atom is 0.408 e. The van der Waals surface area contributed by atoms with Crippen molar-refractivity contribution in [2.24, 2.45) is 5.92 Å². The van der Waals surface area contributed by atoms with Gasteiger partial charge < -0.3 is 20.3 Å². The van der Waals surface area contributed by atoms with E-state index in [0.29, 0.717) is 12.8 Å². The van der Waals surface area contributed by atoms with Gasteiger partial charge in [-0.15, -0.1) is 0 Å². The monoisotopic (exact) mass is 543 g/mol. The number of hydrogen-bond acceptors (Lipinski definition) is 4. The normalized spacial score (nSPS) is 16.4. The quantitative estimate of drug-likeness (QED) is 0.342. The first-order valence-corrected chi connectivity index (χ1v) is 14.8. The second kappa shape index (κ2) is 13.7. The van der Waals surface area contributed by atoms with E-state index in [9.17, 15) is 14.4 Å². The zero-order chi connectivity index (χ0) is 29.5. The number of nitrogens with zero attached hydrogens (tertiary/aromatic N) is 1. The molecule has 1 aliphatic carbocycles. The van der Waals surface area contributed by atoms with Gasteiger partial charge in [0, 0.05) is 11.6 Å². The number of aryl methyl sites for hydroxylation is 2. The molecule has 7 nitrogen and oxygen atoms in total. The lowest BCUT2D eigenvalue weighted by atomic mass is 9.89. The van der Waals surface area contributed by atoms with Gasteiger partial charge in [0.15, 0.2) is 0 Å². The number of benzene rings is 1. The largest absolute Gasteiger partial charge is 0.444 e. The van der Waals surface area contributed by atoms with Crippen LogP contribution in [-0.4, -0.2) is 46.0 Å². The topological polar surface area (TPSA) is 87.7 Å². The van der Waals surface area contributed by atoms with Crippen molar-refractivity contribution in [2.45, 2.75) is 143 Å². The molecule has 1 aromatic carbocycles. The summed E-state index contributed by atoms with van der Waals surface area (Å²) in [7, 11) is 0. The van der Waals surface area contributed by atoms with Crippen molar-refractivity contribution >= 4 is 17.9 Å². The highest BCUT2D eigenvalue weighted by molar-refractivity contribution is 5.92. The van der Waals surface area contributed by atoms with Crippen molar-refractivity contribution in [2.75, 3.05) is 0 Å². The highest BCUT2D eigenvalue weighted by atomic mass is 16.6. The number of alkyl carbamates (subject to hydrolysis) is 1. The van der Waals surface area contributed by atoms with Crippen molar-refractivity contribution in [3.63, 3.8) is 0 Å². The Morgan fingerprint density at radius 2 is 1.62 bits per heavy atom. The lowest BCUT2D eigenvalue weighted by Crippen LogP contribution is -2.60. The van der Waals surface area contributed by atoms with Gasteiger partial charge in [-0.25, -0.2) is 4.79 Å². The van der Waals surface area contributed by atoms with Gasteiger partial charge in [-0.3, -0.25) is 9.59 Å². The van der Waals surface area contributed by atoms with Crippen molar-refractivity contribution < 1.29 is 19.1 Å². The predicted molar refractivity (Wildman–Crippen MR) is 158 cm³/mol. The number of amides is 3. The molecule has 1 aliphatic rings. The van der Waals surface area contributed by atoms with E-state index >= 15 is 0 Å². The summed E-state index contributed by atoms with van der Waals surface area (Å²) in [5.41, 5.74) is 1.62. The van der Waals surface area contributed by atoms with Gasteiger partial charge in [0.1, 0.15) is 17.7 Å². The Morgan fingerprint density at radius 1 is 1.00 bits per heavy atom. The number of carbonyl (C=O) groups excluding carboxylic acids is 3. The van der Waals surface area contributed by atoms with E-state index in [-0.39, 0.29) is 23.8 Å². The first kappa shape index (κ1) is 32.6. The molecule has 0 aromatic heterocycles.